The van der Waals surface area contributed by atoms with Crippen molar-refractivity contribution in [2.45, 2.75) is 0 Å². The van der Waals surface area contributed by atoms with E-state index in [-0.39, 0.29) is 0 Å². The summed E-state index contributed by atoms with van der Waals surface area (Å²) in [6, 6.07) is 17.6. The number of hydrogen-bond donors (Lipinski definition) is 2. The van der Waals surface area contributed by atoms with Gasteiger partial charge in [-0.2, -0.15) is 0 Å². The van der Waals surface area contributed by atoms with Crippen LogP contribution in [0.25, 0.3) is 11.0 Å². The highest BCUT2D eigenvalue weighted by Gasteiger charge is 2.05. The first kappa shape index (κ1) is 17.4. The van der Waals surface area contributed by atoms with Crippen LogP contribution in [-0.4, -0.2) is 16.0 Å². The van der Waals surface area contributed by atoms with Gasteiger partial charge in [-0.15, -0.1) is 0 Å². The molecule has 0 unspecified atom stereocenters. The molecule has 0 aliphatic rings. The van der Waals surface area contributed by atoms with Gasteiger partial charge in [0.25, 0.3) is 0 Å². The number of aromatic nitrogens is 2. The molecular weight excluding hydrogens is 359 g/mol. The highest BCUT2D eigenvalue weighted by atomic mass is 19.1. The SMILES string of the molecule is O=C(Nc1ccc(Oc2ccc3nccnc3c2)cc1)Nc1cccc(F)c1. The van der Waals surface area contributed by atoms with E-state index in [4.69, 9.17) is 4.74 Å². The molecule has 2 amide bonds. The Labute approximate surface area is 160 Å². The van der Waals surface area contributed by atoms with Crippen molar-refractivity contribution in [1.29, 1.82) is 0 Å². The Bertz CT molecular complexity index is 1130. The number of benzene rings is 3. The molecule has 0 saturated carbocycles. The van der Waals surface area contributed by atoms with Crippen LogP contribution >= 0.6 is 0 Å². The molecule has 0 aliphatic heterocycles. The highest BCUT2D eigenvalue weighted by molar-refractivity contribution is 5.99. The topological polar surface area (TPSA) is 76.1 Å². The number of carbonyl (C=O) groups excluding carboxylic acids is 1. The number of fused-ring (bicyclic) bond motifs is 1. The van der Waals surface area contributed by atoms with E-state index < -0.39 is 11.8 Å². The van der Waals surface area contributed by atoms with Crippen LogP contribution in [0.5, 0.6) is 11.5 Å². The Balaban J connectivity index is 1.39. The number of nitrogens with zero attached hydrogens (tertiary/aromatic N) is 2. The molecule has 2 N–H and O–H groups in total. The third-order valence-electron chi connectivity index (χ3n) is 3.87. The number of rotatable bonds is 4. The molecule has 1 heterocycles. The van der Waals surface area contributed by atoms with E-state index >= 15 is 0 Å². The van der Waals surface area contributed by atoms with Gasteiger partial charge in [-0.05, 0) is 54.6 Å². The van der Waals surface area contributed by atoms with Gasteiger partial charge in [0.2, 0.25) is 0 Å². The number of hydrogen-bond acceptors (Lipinski definition) is 4. The number of halogens is 1. The van der Waals surface area contributed by atoms with Crippen molar-refractivity contribution in [3.8, 4) is 11.5 Å². The first-order valence-electron chi connectivity index (χ1n) is 8.48. The third kappa shape index (κ3) is 4.21. The summed E-state index contributed by atoms with van der Waals surface area (Å²) in [4.78, 5) is 20.5. The highest BCUT2D eigenvalue weighted by Crippen LogP contribution is 2.25. The Morgan fingerprint density at radius 2 is 1.50 bits per heavy atom. The zero-order chi connectivity index (χ0) is 19.3. The standard InChI is InChI=1S/C21H15FN4O2/c22-14-2-1-3-16(12-14)26-21(27)25-15-4-6-17(7-5-15)28-18-8-9-19-20(13-18)24-11-10-23-19/h1-13H,(H2,25,26,27). The Morgan fingerprint density at radius 3 is 2.29 bits per heavy atom. The zero-order valence-corrected chi connectivity index (χ0v) is 14.6. The van der Waals surface area contributed by atoms with Crippen molar-refractivity contribution in [2.24, 2.45) is 0 Å². The smallest absolute Gasteiger partial charge is 0.323 e. The molecule has 4 rings (SSSR count). The maximum atomic E-state index is 13.2. The van der Waals surface area contributed by atoms with E-state index in [2.05, 4.69) is 20.6 Å². The molecule has 6 nitrogen and oxygen atoms in total. The van der Waals surface area contributed by atoms with Gasteiger partial charge < -0.3 is 15.4 Å². The van der Waals surface area contributed by atoms with Crippen molar-refractivity contribution in [3.05, 3.63) is 84.9 Å². The fraction of sp³-hybridized carbons (Fsp3) is 0. The van der Waals surface area contributed by atoms with Gasteiger partial charge in [0, 0.05) is 29.8 Å². The molecule has 1 aromatic heterocycles. The van der Waals surface area contributed by atoms with Gasteiger partial charge in [0.15, 0.2) is 0 Å². The molecule has 0 atom stereocenters. The second-order valence-electron chi connectivity index (χ2n) is 5.92. The molecule has 0 fully saturated rings. The summed E-state index contributed by atoms with van der Waals surface area (Å²) >= 11 is 0. The lowest BCUT2D eigenvalue weighted by molar-refractivity contribution is 0.262. The van der Waals surface area contributed by atoms with Crippen molar-refractivity contribution in [3.63, 3.8) is 0 Å². The van der Waals surface area contributed by atoms with Crippen molar-refractivity contribution >= 4 is 28.4 Å². The number of nitrogens with one attached hydrogen (secondary N) is 2. The van der Waals surface area contributed by atoms with E-state index in [0.29, 0.717) is 22.9 Å². The lowest BCUT2D eigenvalue weighted by Gasteiger charge is -2.09. The monoisotopic (exact) mass is 374 g/mol. The molecule has 0 spiro atoms. The van der Waals surface area contributed by atoms with Gasteiger partial charge in [0.05, 0.1) is 11.0 Å². The maximum Gasteiger partial charge on any atom is 0.323 e. The number of ether oxygens (including phenoxy) is 1. The molecular formula is C21H15FN4O2. The minimum absolute atomic E-state index is 0.372. The first-order valence-corrected chi connectivity index (χ1v) is 8.48. The summed E-state index contributed by atoms with van der Waals surface area (Å²) in [5.41, 5.74) is 2.48. The molecule has 3 aromatic carbocycles. The van der Waals surface area contributed by atoms with Gasteiger partial charge >= 0.3 is 6.03 Å². The summed E-state index contributed by atoms with van der Waals surface area (Å²) < 4.78 is 19.0. The minimum Gasteiger partial charge on any atom is -0.457 e. The molecule has 0 radical (unpaired) electrons. The van der Waals surface area contributed by atoms with Crippen LogP contribution in [0.1, 0.15) is 0 Å². The normalized spacial score (nSPS) is 10.5. The molecule has 4 aromatic rings. The largest absolute Gasteiger partial charge is 0.457 e. The first-order chi connectivity index (χ1) is 13.7. The molecule has 7 heteroatoms. The van der Waals surface area contributed by atoms with E-state index in [1.54, 1.807) is 48.8 Å². The van der Waals surface area contributed by atoms with Crippen LogP contribution in [0.2, 0.25) is 0 Å². The summed E-state index contributed by atoms with van der Waals surface area (Å²) in [5.74, 6) is 0.829. The lowest BCUT2D eigenvalue weighted by Crippen LogP contribution is -2.19. The number of amides is 2. The van der Waals surface area contributed by atoms with Crippen LogP contribution in [0.4, 0.5) is 20.6 Å². The van der Waals surface area contributed by atoms with Crippen molar-refractivity contribution in [2.75, 3.05) is 10.6 Å². The van der Waals surface area contributed by atoms with Gasteiger partial charge in [-0.1, -0.05) is 6.07 Å². The third-order valence-corrected chi connectivity index (χ3v) is 3.87. The summed E-state index contributed by atoms with van der Waals surface area (Å²) in [7, 11) is 0. The zero-order valence-electron chi connectivity index (χ0n) is 14.6. The predicted molar refractivity (Wildman–Crippen MR) is 105 cm³/mol. The molecule has 0 bridgehead atoms. The second kappa shape index (κ2) is 7.71. The molecule has 0 saturated heterocycles. The number of urea groups is 1. The van der Waals surface area contributed by atoms with Crippen LogP contribution in [0.3, 0.4) is 0 Å². The van der Waals surface area contributed by atoms with E-state index in [0.717, 1.165) is 11.0 Å². The molecule has 138 valence electrons. The Morgan fingerprint density at radius 1 is 0.786 bits per heavy atom. The number of anilines is 2. The summed E-state index contributed by atoms with van der Waals surface area (Å²) in [6.45, 7) is 0. The maximum absolute atomic E-state index is 13.2. The van der Waals surface area contributed by atoms with E-state index in [1.165, 1.54) is 18.2 Å². The van der Waals surface area contributed by atoms with Gasteiger partial charge in [-0.25, -0.2) is 9.18 Å². The number of carbonyl (C=O) groups is 1. The van der Waals surface area contributed by atoms with Crippen molar-refractivity contribution in [1.82, 2.24) is 9.97 Å². The molecule has 28 heavy (non-hydrogen) atoms. The van der Waals surface area contributed by atoms with Crippen molar-refractivity contribution < 1.29 is 13.9 Å². The Hall–Kier alpha value is -4.00. The quantitative estimate of drug-likeness (QED) is 0.514. The van der Waals surface area contributed by atoms with Crippen LogP contribution in [0.15, 0.2) is 79.1 Å². The van der Waals surface area contributed by atoms with Crippen LogP contribution in [-0.2, 0) is 0 Å². The van der Waals surface area contributed by atoms with Gasteiger partial charge in [-0.3, -0.25) is 9.97 Å². The molecule has 0 aliphatic carbocycles. The van der Waals surface area contributed by atoms with Crippen LogP contribution in [0, 0.1) is 5.82 Å². The fourth-order valence-corrected chi connectivity index (χ4v) is 2.61. The average Bonchev–Trinajstić information content (AvgIpc) is 2.69. The van der Waals surface area contributed by atoms with E-state index in [9.17, 15) is 9.18 Å². The summed E-state index contributed by atoms with van der Waals surface area (Å²) in [6.07, 6.45) is 3.26. The van der Waals surface area contributed by atoms with E-state index in [1.807, 2.05) is 12.1 Å². The van der Waals surface area contributed by atoms with Gasteiger partial charge in [0.1, 0.15) is 17.3 Å². The van der Waals surface area contributed by atoms with Crippen LogP contribution < -0.4 is 15.4 Å². The summed E-state index contributed by atoms with van der Waals surface area (Å²) in [5, 5.41) is 5.25. The average molecular weight is 374 g/mol. The predicted octanol–water partition coefficient (Wildman–Crippen LogP) is 5.21. The lowest BCUT2D eigenvalue weighted by atomic mass is 10.2. The Kier molecular flexibility index (Phi) is 4.79. The minimum atomic E-state index is -0.465. The fourth-order valence-electron chi connectivity index (χ4n) is 2.61. The second-order valence-corrected chi connectivity index (χ2v) is 5.92.